The zero-order valence-electron chi connectivity index (χ0n) is 8.75. The molecule has 0 radical (unpaired) electrons. The Morgan fingerprint density at radius 2 is 1.93 bits per heavy atom. The summed E-state index contributed by atoms with van der Waals surface area (Å²) in [4.78, 5) is 0. The van der Waals surface area contributed by atoms with Crippen molar-refractivity contribution in [3.8, 4) is 11.5 Å². The first-order valence-corrected chi connectivity index (χ1v) is 5.13. The highest BCUT2D eigenvalue weighted by atomic mass is 79.9. The van der Waals surface area contributed by atoms with Gasteiger partial charge in [-0.25, -0.2) is 0 Å². The maximum atomic E-state index is 5.50. The van der Waals surface area contributed by atoms with Gasteiger partial charge < -0.3 is 15.2 Å². The lowest BCUT2D eigenvalue weighted by molar-refractivity contribution is 0.386. The highest BCUT2D eigenvalue weighted by Gasteiger charge is 2.11. The molecule has 1 aromatic rings. The van der Waals surface area contributed by atoms with E-state index in [2.05, 4.69) is 15.9 Å². The zero-order chi connectivity index (χ0) is 10.6. The van der Waals surface area contributed by atoms with Gasteiger partial charge in [-0.2, -0.15) is 0 Å². The molecule has 0 fully saturated rings. The maximum Gasteiger partial charge on any atom is 0.140 e. The number of methoxy groups -OCH3 is 2. The molecule has 1 rings (SSSR count). The lowest BCUT2D eigenvalue weighted by Crippen LogP contribution is -2.05. The Morgan fingerprint density at radius 3 is 2.40 bits per heavy atom. The molecule has 0 bridgehead atoms. The Kier molecular flexibility index (Phi) is 6.72. The molecular formula is C10H15BrClNO2. The van der Waals surface area contributed by atoms with Crippen LogP contribution in [0.2, 0.25) is 0 Å². The Hall–Kier alpha value is -0.450. The van der Waals surface area contributed by atoms with Gasteiger partial charge in [-0.3, -0.25) is 0 Å². The summed E-state index contributed by atoms with van der Waals surface area (Å²) in [5.74, 6) is 1.57. The molecule has 0 aliphatic rings. The number of benzene rings is 1. The molecule has 0 aliphatic heterocycles. The number of hydrogen-bond donors (Lipinski definition) is 1. The fourth-order valence-corrected chi connectivity index (χ4v) is 2.02. The van der Waals surface area contributed by atoms with E-state index < -0.39 is 0 Å². The van der Waals surface area contributed by atoms with Gasteiger partial charge in [0.15, 0.2) is 0 Å². The fourth-order valence-electron chi connectivity index (χ4n) is 1.31. The van der Waals surface area contributed by atoms with Gasteiger partial charge in [0.2, 0.25) is 0 Å². The predicted molar refractivity (Wildman–Crippen MR) is 67.3 cm³/mol. The molecule has 15 heavy (non-hydrogen) atoms. The Bertz CT molecular complexity index is 321. The van der Waals surface area contributed by atoms with Gasteiger partial charge in [-0.1, -0.05) is 6.07 Å². The van der Waals surface area contributed by atoms with Gasteiger partial charge in [0, 0.05) is 0 Å². The van der Waals surface area contributed by atoms with Gasteiger partial charge in [0.25, 0.3) is 0 Å². The minimum atomic E-state index is 0. The molecule has 2 N–H and O–H groups in total. The Balaban J connectivity index is 0.00000196. The number of rotatable bonds is 4. The standard InChI is InChI=1S/C10H14BrNO2.ClH/c1-13-8-4-3-7(5-6-12)10(14-2)9(8)11;/h3-4H,5-6,12H2,1-2H3;1H. The van der Waals surface area contributed by atoms with E-state index in [0.717, 1.165) is 28.0 Å². The van der Waals surface area contributed by atoms with E-state index in [9.17, 15) is 0 Å². The summed E-state index contributed by atoms with van der Waals surface area (Å²) >= 11 is 3.43. The molecule has 0 saturated heterocycles. The number of ether oxygens (including phenoxy) is 2. The molecule has 0 atom stereocenters. The Labute approximate surface area is 104 Å². The van der Waals surface area contributed by atoms with Crippen molar-refractivity contribution in [2.24, 2.45) is 5.73 Å². The summed E-state index contributed by atoms with van der Waals surface area (Å²) in [6.45, 7) is 0.606. The molecule has 0 saturated carbocycles. The van der Waals surface area contributed by atoms with Crippen LogP contribution in [0.3, 0.4) is 0 Å². The molecule has 0 amide bonds. The number of hydrogen-bond acceptors (Lipinski definition) is 3. The summed E-state index contributed by atoms with van der Waals surface area (Å²) in [5, 5.41) is 0. The molecule has 5 heteroatoms. The van der Waals surface area contributed by atoms with Crippen molar-refractivity contribution in [3.63, 3.8) is 0 Å². The van der Waals surface area contributed by atoms with Gasteiger partial charge in [0.05, 0.1) is 14.2 Å². The molecule has 3 nitrogen and oxygen atoms in total. The van der Waals surface area contributed by atoms with Gasteiger partial charge in [-0.05, 0) is 40.5 Å². The van der Waals surface area contributed by atoms with Crippen molar-refractivity contribution in [1.29, 1.82) is 0 Å². The normalized spacial score (nSPS) is 9.33. The molecule has 0 unspecified atom stereocenters. The fraction of sp³-hybridized carbons (Fsp3) is 0.400. The maximum absolute atomic E-state index is 5.50. The Morgan fingerprint density at radius 1 is 1.27 bits per heavy atom. The van der Waals surface area contributed by atoms with E-state index in [1.54, 1.807) is 14.2 Å². The van der Waals surface area contributed by atoms with Crippen molar-refractivity contribution in [2.45, 2.75) is 6.42 Å². The monoisotopic (exact) mass is 295 g/mol. The molecule has 0 aliphatic carbocycles. The first-order valence-electron chi connectivity index (χ1n) is 4.34. The van der Waals surface area contributed by atoms with Gasteiger partial charge in [0.1, 0.15) is 16.0 Å². The third kappa shape index (κ3) is 3.26. The second kappa shape index (κ2) is 6.93. The summed E-state index contributed by atoms with van der Waals surface area (Å²) in [5.41, 5.74) is 6.59. The number of nitrogens with two attached hydrogens (primary N) is 1. The van der Waals surface area contributed by atoms with Crippen LogP contribution in [0.5, 0.6) is 11.5 Å². The number of halogens is 2. The van der Waals surface area contributed by atoms with E-state index in [0.29, 0.717) is 6.54 Å². The minimum absolute atomic E-state index is 0. The van der Waals surface area contributed by atoms with Crippen LogP contribution >= 0.6 is 28.3 Å². The van der Waals surface area contributed by atoms with E-state index in [4.69, 9.17) is 15.2 Å². The van der Waals surface area contributed by atoms with Crippen LogP contribution in [0.25, 0.3) is 0 Å². The van der Waals surface area contributed by atoms with Gasteiger partial charge in [-0.15, -0.1) is 12.4 Å². The van der Waals surface area contributed by atoms with Crippen LogP contribution in [-0.2, 0) is 6.42 Å². The van der Waals surface area contributed by atoms with Crippen molar-refractivity contribution in [1.82, 2.24) is 0 Å². The zero-order valence-corrected chi connectivity index (χ0v) is 11.2. The highest BCUT2D eigenvalue weighted by molar-refractivity contribution is 9.10. The lowest BCUT2D eigenvalue weighted by atomic mass is 10.1. The summed E-state index contributed by atoms with van der Waals surface area (Å²) in [7, 11) is 3.27. The van der Waals surface area contributed by atoms with Crippen molar-refractivity contribution in [3.05, 3.63) is 22.2 Å². The molecular weight excluding hydrogens is 281 g/mol. The lowest BCUT2D eigenvalue weighted by Gasteiger charge is -2.12. The second-order valence-corrected chi connectivity index (χ2v) is 3.61. The highest BCUT2D eigenvalue weighted by Crippen LogP contribution is 2.37. The largest absolute Gasteiger partial charge is 0.495 e. The van der Waals surface area contributed by atoms with E-state index in [1.165, 1.54) is 0 Å². The van der Waals surface area contributed by atoms with Crippen LogP contribution < -0.4 is 15.2 Å². The van der Waals surface area contributed by atoms with Crippen LogP contribution in [0.15, 0.2) is 16.6 Å². The average Bonchev–Trinajstić information content (AvgIpc) is 2.19. The molecule has 1 aromatic carbocycles. The van der Waals surface area contributed by atoms with E-state index >= 15 is 0 Å². The van der Waals surface area contributed by atoms with Crippen LogP contribution in [0, 0.1) is 0 Å². The van der Waals surface area contributed by atoms with Crippen LogP contribution in [-0.4, -0.2) is 20.8 Å². The summed E-state index contributed by atoms with van der Waals surface area (Å²) in [6.07, 6.45) is 0.797. The first-order chi connectivity index (χ1) is 6.74. The van der Waals surface area contributed by atoms with Crippen molar-refractivity contribution in [2.75, 3.05) is 20.8 Å². The van der Waals surface area contributed by atoms with E-state index in [1.807, 2.05) is 12.1 Å². The molecule has 86 valence electrons. The average molecular weight is 297 g/mol. The topological polar surface area (TPSA) is 44.5 Å². The smallest absolute Gasteiger partial charge is 0.140 e. The van der Waals surface area contributed by atoms with Crippen LogP contribution in [0.4, 0.5) is 0 Å². The third-order valence-corrected chi connectivity index (χ3v) is 2.73. The SMILES string of the molecule is COc1ccc(CCN)c(OC)c1Br.Cl. The van der Waals surface area contributed by atoms with Gasteiger partial charge >= 0.3 is 0 Å². The van der Waals surface area contributed by atoms with Crippen molar-refractivity contribution < 1.29 is 9.47 Å². The molecule has 0 aromatic heterocycles. The van der Waals surface area contributed by atoms with E-state index in [-0.39, 0.29) is 12.4 Å². The predicted octanol–water partition coefficient (Wildman–Crippen LogP) is 2.39. The first kappa shape index (κ1) is 14.5. The second-order valence-electron chi connectivity index (χ2n) is 2.81. The minimum Gasteiger partial charge on any atom is -0.495 e. The third-order valence-electron chi connectivity index (χ3n) is 1.98. The van der Waals surface area contributed by atoms with Crippen molar-refractivity contribution >= 4 is 28.3 Å². The van der Waals surface area contributed by atoms with Crippen LogP contribution in [0.1, 0.15) is 5.56 Å². The summed E-state index contributed by atoms with van der Waals surface area (Å²) in [6, 6.07) is 3.87. The summed E-state index contributed by atoms with van der Waals surface area (Å²) < 4.78 is 11.3. The molecule has 0 spiro atoms. The quantitative estimate of drug-likeness (QED) is 0.928. The molecule has 0 heterocycles.